The van der Waals surface area contributed by atoms with Crippen LogP contribution in [0.1, 0.15) is 12.0 Å². The second-order valence-electron chi connectivity index (χ2n) is 6.53. The van der Waals surface area contributed by atoms with Gasteiger partial charge in [-0.1, -0.05) is 23.7 Å². The molecule has 0 N–H and O–H groups in total. The van der Waals surface area contributed by atoms with E-state index in [1.165, 1.54) is 5.41 Å². The van der Waals surface area contributed by atoms with Gasteiger partial charge in [-0.05, 0) is 54.5 Å². The van der Waals surface area contributed by atoms with Crippen LogP contribution < -0.4 is 4.74 Å². The van der Waals surface area contributed by atoms with Crippen LogP contribution in [0.4, 0.5) is 0 Å². The van der Waals surface area contributed by atoms with Gasteiger partial charge in [0.1, 0.15) is 5.75 Å². The second kappa shape index (κ2) is 10.1. The molecule has 0 amide bonds. The van der Waals surface area contributed by atoms with E-state index in [1.807, 2.05) is 0 Å². The highest BCUT2D eigenvalue weighted by Gasteiger charge is 2.11. The summed E-state index contributed by atoms with van der Waals surface area (Å²) >= 11 is 5.84. The summed E-state index contributed by atoms with van der Waals surface area (Å²) in [5.41, 5.74) is 0.771. The van der Waals surface area contributed by atoms with Crippen molar-refractivity contribution < 1.29 is 17.9 Å². The highest BCUT2D eigenvalue weighted by molar-refractivity contribution is 7.94. The van der Waals surface area contributed by atoms with Gasteiger partial charge in [-0.3, -0.25) is 4.90 Å². The summed E-state index contributed by atoms with van der Waals surface area (Å²) in [7, 11) is -3.51. The lowest BCUT2D eigenvalue weighted by atomic mass is 10.2. The second-order valence-corrected chi connectivity index (χ2v) is 8.80. The molecule has 0 aliphatic carbocycles. The zero-order valence-corrected chi connectivity index (χ0v) is 17.2. The molecular formula is C21H24ClNO4S. The monoisotopic (exact) mass is 421 g/mol. The van der Waals surface area contributed by atoms with Crippen molar-refractivity contribution in [3.63, 3.8) is 0 Å². The van der Waals surface area contributed by atoms with Crippen LogP contribution in [0.3, 0.4) is 0 Å². The summed E-state index contributed by atoms with van der Waals surface area (Å²) in [6.07, 6.45) is 2.48. The van der Waals surface area contributed by atoms with Crippen molar-refractivity contribution in [3.8, 4) is 5.75 Å². The smallest absolute Gasteiger partial charge is 0.199 e. The molecule has 0 saturated carbocycles. The number of hydrogen-bond acceptors (Lipinski definition) is 5. The maximum atomic E-state index is 12.4. The molecule has 2 aromatic rings. The third kappa shape index (κ3) is 6.34. The van der Waals surface area contributed by atoms with Crippen molar-refractivity contribution in [1.29, 1.82) is 0 Å². The van der Waals surface area contributed by atoms with Crippen LogP contribution in [0.5, 0.6) is 5.75 Å². The minimum atomic E-state index is -3.51. The molecule has 1 fully saturated rings. The number of ether oxygens (including phenoxy) is 2. The average molecular weight is 422 g/mol. The van der Waals surface area contributed by atoms with Gasteiger partial charge in [0.2, 0.25) is 0 Å². The Morgan fingerprint density at radius 2 is 1.71 bits per heavy atom. The van der Waals surface area contributed by atoms with Crippen LogP contribution >= 0.6 is 11.6 Å². The number of rotatable bonds is 8. The minimum absolute atomic E-state index is 0.235. The summed E-state index contributed by atoms with van der Waals surface area (Å²) in [5, 5.41) is 1.81. The molecule has 3 rings (SSSR count). The normalized spacial score (nSPS) is 15.8. The highest BCUT2D eigenvalue weighted by Crippen LogP contribution is 2.19. The van der Waals surface area contributed by atoms with Crippen molar-refractivity contribution in [2.24, 2.45) is 0 Å². The molecule has 0 spiro atoms. The number of halogens is 1. The number of hydrogen-bond donors (Lipinski definition) is 0. The van der Waals surface area contributed by atoms with Crippen molar-refractivity contribution in [2.45, 2.75) is 11.3 Å². The standard InChI is InChI=1S/C21H24ClNO4S/c22-19-4-2-18(3-5-19)10-17-28(24,25)21-8-6-20(7-9-21)27-14-1-11-23-12-15-26-16-13-23/h2-10,17H,1,11-16H2/b17-10+. The van der Waals surface area contributed by atoms with Gasteiger partial charge in [0.05, 0.1) is 24.7 Å². The average Bonchev–Trinajstić information content (AvgIpc) is 2.72. The quantitative estimate of drug-likeness (QED) is 0.605. The van der Waals surface area contributed by atoms with E-state index in [-0.39, 0.29) is 4.90 Å². The Kier molecular flexibility index (Phi) is 7.50. The molecule has 0 unspecified atom stereocenters. The Balaban J connectivity index is 1.50. The van der Waals surface area contributed by atoms with Gasteiger partial charge in [0, 0.05) is 30.1 Å². The molecule has 28 heavy (non-hydrogen) atoms. The Morgan fingerprint density at radius 3 is 2.39 bits per heavy atom. The van der Waals surface area contributed by atoms with Gasteiger partial charge in [0.25, 0.3) is 0 Å². The molecule has 7 heteroatoms. The van der Waals surface area contributed by atoms with Crippen molar-refractivity contribution >= 4 is 27.5 Å². The van der Waals surface area contributed by atoms with Crippen LogP contribution in [0, 0.1) is 0 Å². The summed E-state index contributed by atoms with van der Waals surface area (Å²) < 4.78 is 36.0. The van der Waals surface area contributed by atoms with E-state index < -0.39 is 9.84 Å². The van der Waals surface area contributed by atoms with Gasteiger partial charge < -0.3 is 9.47 Å². The molecular weight excluding hydrogens is 398 g/mol. The first-order valence-corrected chi connectivity index (χ1v) is 11.2. The van der Waals surface area contributed by atoms with Crippen molar-refractivity contribution in [1.82, 2.24) is 4.90 Å². The van der Waals surface area contributed by atoms with Gasteiger partial charge in [-0.2, -0.15) is 0 Å². The van der Waals surface area contributed by atoms with E-state index in [0.717, 1.165) is 44.8 Å². The molecule has 2 aromatic carbocycles. The van der Waals surface area contributed by atoms with Crippen LogP contribution in [0.15, 0.2) is 58.8 Å². The number of benzene rings is 2. The fraction of sp³-hybridized carbons (Fsp3) is 0.333. The molecule has 1 aliphatic heterocycles. The molecule has 0 radical (unpaired) electrons. The van der Waals surface area contributed by atoms with Crippen LogP contribution in [-0.2, 0) is 14.6 Å². The molecule has 0 bridgehead atoms. The highest BCUT2D eigenvalue weighted by atomic mass is 35.5. The molecule has 5 nitrogen and oxygen atoms in total. The first kappa shape index (κ1) is 20.9. The SMILES string of the molecule is O=S(=O)(/C=C/c1ccc(Cl)cc1)c1ccc(OCCCN2CCOCC2)cc1. The summed E-state index contributed by atoms with van der Waals surface area (Å²) in [6.45, 7) is 5.10. The third-order valence-electron chi connectivity index (χ3n) is 4.45. The lowest BCUT2D eigenvalue weighted by Crippen LogP contribution is -2.37. The topological polar surface area (TPSA) is 55.8 Å². The summed E-state index contributed by atoms with van der Waals surface area (Å²) in [6, 6.07) is 13.5. The molecule has 0 aromatic heterocycles. The van der Waals surface area contributed by atoms with Crippen LogP contribution in [0.25, 0.3) is 6.08 Å². The predicted octanol–water partition coefficient (Wildman–Crippen LogP) is 3.89. The molecule has 0 atom stereocenters. The van der Waals surface area contributed by atoms with Crippen LogP contribution in [-0.4, -0.2) is 52.8 Å². The van der Waals surface area contributed by atoms with Crippen molar-refractivity contribution in [2.75, 3.05) is 39.5 Å². The van der Waals surface area contributed by atoms with E-state index in [1.54, 1.807) is 54.6 Å². The number of sulfone groups is 1. The maximum Gasteiger partial charge on any atom is 0.199 e. The van der Waals surface area contributed by atoms with E-state index in [4.69, 9.17) is 21.1 Å². The molecule has 1 aliphatic rings. The Labute approximate surface area is 171 Å². The third-order valence-corrected chi connectivity index (χ3v) is 6.13. The first-order chi connectivity index (χ1) is 13.5. The van der Waals surface area contributed by atoms with Gasteiger partial charge in [-0.15, -0.1) is 0 Å². The Hall–Kier alpha value is -1.86. The summed E-state index contributed by atoms with van der Waals surface area (Å²) in [5.74, 6) is 0.669. The first-order valence-electron chi connectivity index (χ1n) is 9.25. The number of nitrogens with zero attached hydrogens (tertiary/aromatic N) is 1. The molecule has 1 saturated heterocycles. The Bertz CT molecular complexity index is 874. The maximum absolute atomic E-state index is 12.4. The van der Waals surface area contributed by atoms with Gasteiger partial charge >= 0.3 is 0 Å². The molecule has 150 valence electrons. The number of morpholine rings is 1. The largest absolute Gasteiger partial charge is 0.494 e. The van der Waals surface area contributed by atoms with E-state index in [9.17, 15) is 8.42 Å². The van der Waals surface area contributed by atoms with Crippen molar-refractivity contribution in [3.05, 3.63) is 64.5 Å². The Morgan fingerprint density at radius 1 is 1.04 bits per heavy atom. The lowest BCUT2D eigenvalue weighted by Gasteiger charge is -2.26. The van der Waals surface area contributed by atoms with E-state index >= 15 is 0 Å². The zero-order valence-electron chi connectivity index (χ0n) is 15.6. The fourth-order valence-corrected chi connectivity index (χ4v) is 3.98. The van der Waals surface area contributed by atoms with Gasteiger partial charge in [-0.25, -0.2) is 8.42 Å². The minimum Gasteiger partial charge on any atom is -0.494 e. The summed E-state index contributed by atoms with van der Waals surface area (Å²) in [4.78, 5) is 2.59. The molecule has 1 heterocycles. The fourth-order valence-electron chi connectivity index (χ4n) is 2.85. The van der Waals surface area contributed by atoms with Gasteiger partial charge in [0.15, 0.2) is 9.84 Å². The lowest BCUT2D eigenvalue weighted by molar-refractivity contribution is 0.0358. The zero-order chi connectivity index (χ0) is 19.8. The predicted molar refractivity (Wildman–Crippen MR) is 111 cm³/mol. The van der Waals surface area contributed by atoms with E-state index in [2.05, 4.69) is 4.90 Å². The van der Waals surface area contributed by atoms with E-state index in [0.29, 0.717) is 17.4 Å². The van der Waals surface area contributed by atoms with Crippen LogP contribution in [0.2, 0.25) is 5.02 Å².